The normalized spacial score (nSPS) is 11.8. The van der Waals surface area contributed by atoms with Gasteiger partial charge in [0.05, 0.1) is 24.6 Å². The molecule has 0 aliphatic rings. The van der Waals surface area contributed by atoms with Gasteiger partial charge in [-0.3, -0.25) is 9.52 Å². The molecule has 0 saturated carbocycles. The maximum Gasteiger partial charge on any atom is 0.341 e. The molecule has 8 nitrogen and oxygen atoms in total. The van der Waals surface area contributed by atoms with Gasteiger partial charge in [-0.1, -0.05) is 48.5 Å². The zero-order chi connectivity index (χ0) is 23.1. The number of hydrogen-bond acceptors (Lipinski definition) is 6. The van der Waals surface area contributed by atoms with Crippen molar-refractivity contribution in [3.8, 4) is 5.75 Å². The summed E-state index contributed by atoms with van der Waals surface area (Å²) >= 11 is 0. The maximum absolute atomic E-state index is 13.1. The highest BCUT2D eigenvalue weighted by atomic mass is 32.2. The van der Waals surface area contributed by atoms with Gasteiger partial charge in [0.2, 0.25) is 16.1 Å². The molecule has 166 valence electrons. The zero-order valence-electron chi connectivity index (χ0n) is 17.4. The Morgan fingerprint density at radius 1 is 0.906 bits per heavy atom. The highest BCUT2D eigenvalue weighted by Crippen LogP contribution is 2.25. The number of nitrogens with one attached hydrogen (secondary N) is 2. The molecule has 0 radical (unpaired) electrons. The molecular weight excluding hydrogens is 432 g/mol. The fourth-order valence-electron chi connectivity index (χ4n) is 2.93. The first-order chi connectivity index (χ1) is 15.3. The van der Waals surface area contributed by atoms with Crippen molar-refractivity contribution in [1.82, 2.24) is 0 Å². The van der Waals surface area contributed by atoms with Crippen molar-refractivity contribution in [2.45, 2.75) is 6.10 Å². The third-order valence-corrected chi connectivity index (χ3v) is 4.94. The van der Waals surface area contributed by atoms with Gasteiger partial charge in [-0.2, -0.15) is 0 Å². The lowest BCUT2D eigenvalue weighted by Crippen LogP contribution is -2.26. The van der Waals surface area contributed by atoms with Crippen LogP contribution in [-0.2, 0) is 19.6 Å². The summed E-state index contributed by atoms with van der Waals surface area (Å²) in [6.45, 7) is 0. The highest BCUT2D eigenvalue weighted by molar-refractivity contribution is 7.92. The summed E-state index contributed by atoms with van der Waals surface area (Å²) in [5.74, 6) is -0.880. The van der Waals surface area contributed by atoms with Crippen molar-refractivity contribution in [2.24, 2.45) is 0 Å². The number of amides is 1. The van der Waals surface area contributed by atoms with Crippen molar-refractivity contribution in [1.29, 1.82) is 0 Å². The molecule has 0 heterocycles. The first-order valence-corrected chi connectivity index (χ1v) is 11.4. The number of hydrogen-bond donors (Lipinski definition) is 2. The van der Waals surface area contributed by atoms with E-state index >= 15 is 0 Å². The van der Waals surface area contributed by atoms with Crippen LogP contribution in [0.5, 0.6) is 5.75 Å². The van der Waals surface area contributed by atoms with E-state index in [1.54, 1.807) is 66.7 Å². The summed E-state index contributed by atoms with van der Waals surface area (Å²) in [4.78, 5) is 26.0. The molecule has 3 aromatic carbocycles. The number of anilines is 2. The number of esters is 1. The maximum atomic E-state index is 13.1. The first kappa shape index (κ1) is 22.8. The second kappa shape index (κ2) is 9.97. The average Bonchev–Trinajstić information content (AvgIpc) is 2.77. The van der Waals surface area contributed by atoms with Crippen LogP contribution in [0.3, 0.4) is 0 Å². The molecule has 3 rings (SSSR count). The molecule has 0 aromatic heterocycles. The molecule has 0 bridgehead atoms. The Labute approximate surface area is 186 Å². The topological polar surface area (TPSA) is 111 Å². The Balaban J connectivity index is 1.89. The van der Waals surface area contributed by atoms with Crippen LogP contribution in [0.2, 0.25) is 0 Å². The van der Waals surface area contributed by atoms with E-state index in [1.807, 2.05) is 0 Å². The minimum Gasteiger partial charge on any atom is -0.497 e. The Morgan fingerprint density at radius 3 is 2.28 bits per heavy atom. The van der Waals surface area contributed by atoms with E-state index in [2.05, 4.69) is 10.0 Å². The van der Waals surface area contributed by atoms with Crippen LogP contribution in [0.25, 0.3) is 0 Å². The van der Waals surface area contributed by atoms with Gasteiger partial charge in [-0.05, 0) is 24.3 Å². The van der Waals surface area contributed by atoms with E-state index in [0.29, 0.717) is 17.0 Å². The Bertz CT molecular complexity index is 1210. The molecule has 0 saturated heterocycles. The standard InChI is InChI=1S/C23H22N2O6S/c1-30-18-12-8-11-17(15-18)24-22(26)21(16-9-4-3-5-10-16)31-23(27)19-13-6-7-14-20(19)25-32(2,28)29/h3-15,21,25H,1-2H3,(H,24,26). The van der Waals surface area contributed by atoms with Gasteiger partial charge in [0.25, 0.3) is 5.91 Å². The molecule has 1 amide bonds. The molecule has 3 aromatic rings. The minimum absolute atomic E-state index is 0.0203. The summed E-state index contributed by atoms with van der Waals surface area (Å²) in [6.07, 6.45) is -0.301. The summed E-state index contributed by atoms with van der Waals surface area (Å²) in [5, 5.41) is 2.72. The van der Waals surface area contributed by atoms with Gasteiger partial charge in [-0.15, -0.1) is 0 Å². The van der Waals surface area contributed by atoms with E-state index < -0.39 is 28.0 Å². The molecular formula is C23H22N2O6S. The van der Waals surface area contributed by atoms with Crippen molar-refractivity contribution in [3.05, 3.63) is 90.0 Å². The summed E-state index contributed by atoms with van der Waals surface area (Å²) in [5.41, 5.74) is 0.952. The number of carbonyl (C=O) groups excluding carboxylic acids is 2. The van der Waals surface area contributed by atoms with Crippen LogP contribution in [0, 0.1) is 0 Å². The Morgan fingerprint density at radius 2 is 1.59 bits per heavy atom. The van der Waals surface area contributed by atoms with Crippen LogP contribution in [-0.4, -0.2) is 33.7 Å². The number of sulfonamides is 1. The predicted octanol–water partition coefficient (Wildman–Crippen LogP) is 3.60. The molecule has 0 fully saturated rings. The number of methoxy groups -OCH3 is 1. The average molecular weight is 455 g/mol. The fraction of sp³-hybridized carbons (Fsp3) is 0.130. The third-order valence-electron chi connectivity index (χ3n) is 4.34. The number of benzene rings is 3. The third kappa shape index (κ3) is 6.08. The smallest absolute Gasteiger partial charge is 0.341 e. The second-order valence-electron chi connectivity index (χ2n) is 6.84. The largest absolute Gasteiger partial charge is 0.497 e. The predicted molar refractivity (Wildman–Crippen MR) is 121 cm³/mol. The zero-order valence-corrected chi connectivity index (χ0v) is 18.3. The number of rotatable bonds is 8. The summed E-state index contributed by atoms with van der Waals surface area (Å²) < 4.78 is 36.3. The van der Waals surface area contributed by atoms with E-state index in [-0.39, 0.29) is 11.3 Å². The monoisotopic (exact) mass is 454 g/mol. The molecule has 1 unspecified atom stereocenters. The Hall–Kier alpha value is -3.85. The van der Waals surface area contributed by atoms with Crippen molar-refractivity contribution >= 4 is 33.3 Å². The van der Waals surface area contributed by atoms with E-state index in [4.69, 9.17) is 9.47 Å². The molecule has 0 aliphatic heterocycles. The van der Waals surface area contributed by atoms with Crippen molar-refractivity contribution in [2.75, 3.05) is 23.4 Å². The van der Waals surface area contributed by atoms with Gasteiger partial charge < -0.3 is 14.8 Å². The summed E-state index contributed by atoms with van der Waals surface area (Å²) in [6, 6.07) is 21.3. The first-order valence-electron chi connectivity index (χ1n) is 9.54. The van der Waals surface area contributed by atoms with Gasteiger partial charge in [0.1, 0.15) is 5.75 Å². The van der Waals surface area contributed by atoms with Crippen molar-refractivity contribution < 1.29 is 27.5 Å². The number of ether oxygens (including phenoxy) is 2. The lowest BCUT2D eigenvalue weighted by molar-refractivity contribution is -0.125. The molecule has 32 heavy (non-hydrogen) atoms. The highest BCUT2D eigenvalue weighted by Gasteiger charge is 2.27. The lowest BCUT2D eigenvalue weighted by atomic mass is 10.1. The minimum atomic E-state index is -3.63. The van der Waals surface area contributed by atoms with E-state index in [9.17, 15) is 18.0 Å². The van der Waals surface area contributed by atoms with Gasteiger partial charge >= 0.3 is 5.97 Å². The molecule has 2 N–H and O–H groups in total. The van der Waals surface area contributed by atoms with Gasteiger partial charge in [0.15, 0.2) is 0 Å². The second-order valence-corrected chi connectivity index (χ2v) is 8.59. The quantitative estimate of drug-likeness (QED) is 0.503. The van der Waals surface area contributed by atoms with Crippen LogP contribution >= 0.6 is 0 Å². The molecule has 1 atom stereocenters. The number of para-hydroxylation sites is 1. The van der Waals surface area contributed by atoms with E-state index in [0.717, 1.165) is 6.26 Å². The van der Waals surface area contributed by atoms with Crippen LogP contribution in [0.4, 0.5) is 11.4 Å². The molecule has 0 spiro atoms. The van der Waals surface area contributed by atoms with Crippen LogP contribution < -0.4 is 14.8 Å². The van der Waals surface area contributed by atoms with E-state index in [1.165, 1.54) is 19.2 Å². The Kier molecular flexibility index (Phi) is 7.11. The summed E-state index contributed by atoms with van der Waals surface area (Å²) in [7, 11) is -2.12. The SMILES string of the molecule is COc1cccc(NC(=O)C(OC(=O)c2ccccc2NS(C)(=O)=O)c2ccccc2)c1. The lowest BCUT2D eigenvalue weighted by Gasteiger charge is -2.19. The number of carbonyl (C=O) groups is 2. The van der Waals surface area contributed by atoms with Crippen LogP contribution in [0.15, 0.2) is 78.9 Å². The van der Waals surface area contributed by atoms with Crippen molar-refractivity contribution in [3.63, 3.8) is 0 Å². The molecule has 9 heteroatoms. The van der Waals surface area contributed by atoms with Gasteiger partial charge in [-0.25, -0.2) is 13.2 Å². The fourth-order valence-corrected chi connectivity index (χ4v) is 3.51. The van der Waals surface area contributed by atoms with Crippen LogP contribution in [0.1, 0.15) is 22.0 Å². The van der Waals surface area contributed by atoms with Gasteiger partial charge in [0, 0.05) is 17.3 Å². The molecule has 0 aliphatic carbocycles.